The Balaban J connectivity index is 2.04. The molecule has 0 aliphatic rings. The van der Waals surface area contributed by atoms with Gasteiger partial charge in [-0.1, -0.05) is 39.8 Å². The van der Waals surface area contributed by atoms with E-state index in [1.165, 1.54) is 6.26 Å². The summed E-state index contributed by atoms with van der Waals surface area (Å²) < 4.78 is 11.0. The number of hydrogen-bond donors (Lipinski definition) is 2. The fourth-order valence-corrected chi connectivity index (χ4v) is 2.83. The molecule has 2 N–H and O–H groups in total. The molecule has 152 valence electrons. The van der Waals surface area contributed by atoms with Crippen LogP contribution in [-0.2, 0) is 16.6 Å². The van der Waals surface area contributed by atoms with Gasteiger partial charge in [-0.05, 0) is 30.5 Å². The summed E-state index contributed by atoms with van der Waals surface area (Å²) in [6, 6.07) is 7.88. The van der Waals surface area contributed by atoms with Crippen molar-refractivity contribution in [3.05, 3.63) is 53.0 Å². The molecule has 28 heavy (non-hydrogen) atoms. The Hall–Kier alpha value is -2.76. The molecule has 1 aromatic heterocycles. The van der Waals surface area contributed by atoms with Crippen molar-refractivity contribution in [3.8, 4) is 5.75 Å². The van der Waals surface area contributed by atoms with Gasteiger partial charge >= 0.3 is 5.97 Å². The van der Waals surface area contributed by atoms with Gasteiger partial charge in [0, 0.05) is 17.5 Å². The maximum absolute atomic E-state index is 12.6. The molecule has 0 unspecified atom stereocenters. The van der Waals surface area contributed by atoms with E-state index in [2.05, 4.69) is 19.2 Å². The normalized spacial score (nSPS) is 11.5. The predicted molar refractivity (Wildman–Crippen MR) is 107 cm³/mol. The minimum Gasteiger partial charge on any atom is -0.493 e. The lowest BCUT2D eigenvalue weighted by Gasteiger charge is -2.26. The Bertz CT molecular complexity index is 818. The number of carbonyl (C=O) groups is 2. The van der Waals surface area contributed by atoms with E-state index < -0.39 is 5.97 Å². The van der Waals surface area contributed by atoms with Gasteiger partial charge in [0.15, 0.2) is 0 Å². The van der Waals surface area contributed by atoms with E-state index in [4.69, 9.17) is 14.3 Å². The molecule has 1 aromatic carbocycles. The third kappa shape index (κ3) is 5.62. The molecule has 0 fully saturated rings. The number of carboxylic acid groups (broad SMARTS) is 1. The highest BCUT2D eigenvalue weighted by Crippen LogP contribution is 2.25. The first-order valence-corrected chi connectivity index (χ1v) is 9.40. The minimum atomic E-state index is -1.04. The van der Waals surface area contributed by atoms with Crippen LogP contribution in [0.5, 0.6) is 5.75 Å². The van der Waals surface area contributed by atoms with Crippen LogP contribution in [0.1, 0.15) is 54.9 Å². The molecule has 0 aliphatic heterocycles. The maximum atomic E-state index is 12.6. The Morgan fingerprint density at radius 1 is 1.21 bits per heavy atom. The van der Waals surface area contributed by atoms with Crippen LogP contribution >= 0.6 is 0 Å². The number of amides is 1. The molecule has 0 atom stereocenters. The van der Waals surface area contributed by atoms with E-state index >= 15 is 0 Å². The third-order valence-electron chi connectivity index (χ3n) is 4.50. The summed E-state index contributed by atoms with van der Waals surface area (Å²) in [6.07, 6.45) is 1.09. The van der Waals surface area contributed by atoms with Gasteiger partial charge in [0.05, 0.1) is 18.4 Å². The second-order valence-electron chi connectivity index (χ2n) is 8.08. The summed E-state index contributed by atoms with van der Waals surface area (Å²) in [5, 5.41) is 11.9. The fourth-order valence-electron chi connectivity index (χ4n) is 2.83. The van der Waals surface area contributed by atoms with Crippen molar-refractivity contribution in [2.75, 3.05) is 13.2 Å². The van der Waals surface area contributed by atoms with Gasteiger partial charge in [-0.25, -0.2) is 0 Å². The minimum absolute atomic E-state index is 0.173. The van der Waals surface area contributed by atoms with E-state index in [1.807, 2.05) is 38.1 Å². The van der Waals surface area contributed by atoms with Gasteiger partial charge in [-0.3, -0.25) is 9.59 Å². The number of nitrogens with one attached hydrogen (secondary N) is 1. The molecule has 1 heterocycles. The van der Waals surface area contributed by atoms with Crippen LogP contribution < -0.4 is 10.1 Å². The van der Waals surface area contributed by atoms with Crippen LogP contribution in [0.25, 0.3) is 0 Å². The molecular weight excluding hydrogens is 358 g/mol. The Morgan fingerprint density at radius 2 is 1.86 bits per heavy atom. The lowest BCUT2D eigenvalue weighted by molar-refractivity contribution is -0.136. The van der Waals surface area contributed by atoms with Gasteiger partial charge < -0.3 is 19.6 Å². The summed E-state index contributed by atoms with van der Waals surface area (Å²) in [7, 11) is 0. The fraction of sp³-hybridized carbons (Fsp3) is 0.455. The lowest BCUT2D eigenvalue weighted by Crippen LogP contribution is -2.37. The number of carboxylic acids is 1. The molecule has 0 bridgehead atoms. The number of benzene rings is 1. The summed E-state index contributed by atoms with van der Waals surface area (Å²) in [5.41, 5.74) is 1.69. The standard InChI is InChI=1S/C22H29NO5/c1-14(2)11-27-17-8-6-16(7-9-17)22(4,5)13-23-21(26)20-15(3)12-28-18(20)10-19(24)25/h6-9,12,14H,10-11,13H2,1-5H3,(H,23,26)(H,24,25). The van der Waals surface area contributed by atoms with Crippen molar-refractivity contribution in [1.82, 2.24) is 5.32 Å². The second-order valence-corrected chi connectivity index (χ2v) is 8.08. The summed E-state index contributed by atoms with van der Waals surface area (Å²) in [6.45, 7) is 11.1. The van der Waals surface area contributed by atoms with Crippen LogP contribution in [-0.4, -0.2) is 30.1 Å². The van der Waals surface area contributed by atoms with Crippen LogP contribution in [0.2, 0.25) is 0 Å². The van der Waals surface area contributed by atoms with Crippen molar-refractivity contribution >= 4 is 11.9 Å². The molecular formula is C22H29NO5. The smallest absolute Gasteiger partial charge is 0.311 e. The zero-order chi connectivity index (χ0) is 20.9. The molecule has 2 aromatic rings. The van der Waals surface area contributed by atoms with E-state index in [0.29, 0.717) is 30.2 Å². The van der Waals surface area contributed by atoms with Crippen molar-refractivity contribution in [1.29, 1.82) is 0 Å². The van der Waals surface area contributed by atoms with Crippen molar-refractivity contribution in [3.63, 3.8) is 0 Å². The zero-order valence-electron chi connectivity index (χ0n) is 17.2. The molecule has 0 saturated heterocycles. The number of hydrogen-bond acceptors (Lipinski definition) is 4. The average Bonchev–Trinajstić information content (AvgIpc) is 2.98. The van der Waals surface area contributed by atoms with Gasteiger partial charge in [0.25, 0.3) is 5.91 Å². The predicted octanol–water partition coefficient (Wildman–Crippen LogP) is 3.96. The zero-order valence-corrected chi connectivity index (χ0v) is 17.2. The monoisotopic (exact) mass is 387 g/mol. The molecule has 6 nitrogen and oxygen atoms in total. The molecule has 6 heteroatoms. The van der Waals surface area contributed by atoms with Crippen LogP contribution in [0, 0.1) is 12.8 Å². The summed E-state index contributed by atoms with van der Waals surface area (Å²) in [4.78, 5) is 23.6. The largest absolute Gasteiger partial charge is 0.493 e. The molecule has 0 radical (unpaired) electrons. The first-order chi connectivity index (χ1) is 13.1. The average molecular weight is 387 g/mol. The second kappa shape index (κ2) is 8.95. The topological polar surface area (TPSA) is 88.8 Å². The number of carbonyl (C=O) groups excluding carboxylic acids is 1. The van der Waals surface area contributed by atoms with E-state index in [-0.39, 0.29) is 23.5 Å². The van der Waals surface area contributed by atoms with Crippen LogP contribution in [0.4, 0.5) is 0 Å². The summed E-state index contributed by atoms with van der Waals surface area (Å²) >= 11 is 0. The van der Waals surface area contributed by atoms with Gasteiger partial charge in [0.2, 0.25) is 0 Å². The first kappa shape index (κ1) is 21.5. The number of furan rings is 1. The number of ether oxygens (including phenoxy) is 1. The van der Waals surface area contributed by atoms with E-state index in [9.17, 15) is 9.59 Å². The van der Waals surface area contributed by atoms with Crippen molar-refractivity contribution in [2.24, 2.45) is 5.92 Å². The highest BCUT2D eigenvalue weighted by atomic mass is 16.5. The van der Waals surface area contributed by atoms with Gasteiger partial charge in [-0.2, -0.15) is 0 Å². The highest BCUT2D eigenvalue weighted by Gasteiger charge is 2.25. The highest BCUT2D eigenvalue weighted by molar-refractivity contribution is 5.97. The molecule has 2 rings (SSSR count). The van der Waals surface area contributed by atoms with Gasteiger partial charge in [0.1, 0.15) is 17.9 Å². The summed E-state index contributed by atoms with van der Waals surface area (Å²) in [5.74, 6) is 0.0938. The molecule has 0 saturated carbocycles. The lowest BCUT2D eigenvalue weighted by atomic mass is 9.84. The molecule has 1 amide bonds. The van der Waals surface area contributed by atoms with Crippen molar-refractivity contribution in [2.45, 2.75) is 46.5 Å². The Morgan fingerprint density at radius 3 is 2.43 bits per heavy atom. The van der Waals surface area contributed by atoms with Crippen LogP contribution in [0.3, 0.4) is 0 Å². The molecule has 0 aliphatic carbocycles. The third-order valence-corrected chi connectivity index (χ3v) is 4.50. The van der Waals surface area contributed by atoms with Crippen LogP contribution in [0.15, 0.2) is 34.9 Å². The van der Waals surface area contributed by atoms with Gasteiger partial charge in [-0.15, -0.1) is 0 Å². The number of rotatable bonds is 9. The Kier molecular flexibility index (Phi) is 6.89. The van der Waals surface area contributed by atoms with E-state index in [0.717, 1.165) is 11.3 Å². The number of aryl methyl sites for hydroxylation is 1. The van der Waals surface area contributed by atoms with Crippen molar-refractivity contribution < 1.29 is 23.8 Å². The number of aliphatic carboxylic acids is 1. The Labute approximate surface area is 165 Å². The first-order valence-electron chi connectivity index (χ1n) is 9.40. The quantitative estimate of drug-likeness (QED) is 0.680. The maximum Gasteiger partial charge on any atom is 0.311 e. The molecule has 0 spiro atoms. The SMILES string of the molecule is Cc1coc(CC(=O)O)c1C(=O)NCC(C)(C)c1ccc(OCC(C)C)cc1. The van der Waals surface area contributed by atoms with E-state index in [1.54, 1.807) is 6.92 Å².